The first-order chi connectivity index (χ1) is 4.99. The second-order valence-electron chi connectivity index (χ2n) is 2.07. The summed E-state index contributed by atoms with van der Waals surface area (Å²) in [7, 11) is -2.77. The van der Waals surface area contributed by atoms with E-state index in [0.29, 0.717) is 5.17 Å². The van der Waals surface area contributed by atoms with Crippen molar-refractivity contribution in [1.29, 1.82) is 0 Å². The molecular formula is C4H7N2NaO3S2. The van der Waals surface area contributed by atoms with Gasteiger partial charge in [0.05, 0.1) is 0 Å². The third-order valence-electron chi connectivity index (χ3n) is 1.17. The third-order valence-corrected chi connectivity index (χ3v) is 2.73. The van der Waals surface area contributed by atoms with Gasteiger partial charge in [-0.15, -0.1) is 4.40 Å². The van der Waals surface area contributed by atoms with E-state index in [9.17, 15) is 13.0 Å². The fourth-order valence-electron chi connectivity index (χ4n) is 0.671. The van der Waals surface area contributed by atoms with Crippen LogP contribution >= 0.6 is 11.8 Å². The maximum Gasteiger partial charge on any atom is 1.00 e. The quantitative estimate of drug-likeness (QED) is 0.337. The van der Waals surface area contributed by atoms with E-state index >= 15 is 0 Å². The minimum absolute atomic E-state index is 0. The molecule has 0 saturated carbocycles. The maximum absolute atomic E-state index is 10.1. The predicted molar refractivity (Wildman–Crippen MR) is 42.2 cm³/mol. The number of nitrogens with zero attached hydrogens (tertiary/aromatic N) is 2. The number of hydrogen-bond acceptors (Lipinski definition) is 4. The van der Waals surface area contributed by atoms with Gasteiger partial charge in [0, 0.05) is 19.3 Å². The van der Waals surface area contributed by atoms with Crippen molar-refractivity contribution in [3.8, 4) is 0 Å². The Kier molecular flexibility index (Phi) is 5.12. The van der Waals surface area contributed by atoms with Crippen molar-refractivity contribution >= 4 is 27.2 Å². The van der Waals surface area contributed by atoms with Gasteiger partial charge in [-0.2, -0.15) is 0 Å². The summed E-state index contributed by atoms with van der Waals surface area (Å²) in [4.78, 5) is 1.64. The molecule has 0 aromatic rings. The van der Waals surface area contributed by atoms with Gasteiger partial charge < -0.3 is 9.45 Å². The van der Waals surface area contributed by atoms with Crippen LogP contribution in [0.2, 0.25) is 0 Å². The van der Waals surface area contributed by atoms with Gasteiger partial charge in [0.2, 0.25) is 10.3 Å². The van der Waals surface area contributed by atoms with Crippen LogP contribution in [0, 0.1) is 0 Å². The molecule has 1 heterocycles. The van der Waals surface area contributed by atoms with Crippen LogP contribution in [0.15, 0.2) is 4.40 Å². The Morgan fingerprint density at radius 2 is 2.25 bits per heavy atom. The predicted octanol–water partition coefficient (Wildman–Crippen LogP) is -3.51. The molecule has 5 nitrogen and oxygen atoms in total. The standard InChI is InChI=1S/C4H8N2O3S2.Na/c1-6-2-3-10-4(6)5-11(7,8)9;/h2-3H2,1H3,(H,7,8,9);/q;+1/p-1/b5-4+;. The summed E-state index contributed by atoms with van der Waals surface area (Å²) in [5.41, 5.74) is 0. The zero-order valence-corrected chi connectivity index (χ0v) is 10.5. The molecule has 1 rings (SSSR count). The molecular weight excluding hydrogens is 211 g/mol. The summed E-state index contributed by atoms with van der Waals surface area (Å²) in [6.07, 6.45) is 0. The summed E-state index contributed by atoms with van der Waals surface area (Å²) in [5, 5.41) is 0.292. The van der Waals surface area contributed by atoms with E-state index in [4.69, 9.17) is 0 Å². The number of amidine groups is 1. The van der Waals surface area contributed by atoms with Crippen LogP contribution in [0.1, 0.15) is 0 Å². The molecule has 1 aliphatic rings. The van der Waals surface area contributed by atoms with Gasteiger partial charge in [-0.25, -0.2) is 8.42 Å². The van der Waals surface area contributed by atoms with E-state index in [1.165, 1.54) is 11.8 Å². The Hall–Kier alpha value is 0.730. The minimum atomic E-state index is -4.46. The van der Waals surface area contributed by atoms with Crippen LogP contribution in [0.3, 0.4) is 0 Å². The molecule has 1 saturated heterocycles. The SMILES string of the molecule is CN1CCS/C1=N/S(=O)(=O)[O-].[Na+]. The fourth-order valence-corrected chi connectivity index (χ4v) is 2.35. The first-order valence-corrected chi connectivity index (χ1v) is 5.24. The van der Waals surface area contributed by atoms with Gasteiger partial charge in [-0.05, 0) is 0 Å². The Morgan fingerprint density at radius 1 is 1.67 bits per heavy atom. The van der Waals surface area contributed by atoms with E-state index in [1.54, 1.807) is 11.9 Å². The number of hydrogen-bond donors (Lipinski definition) is 0. The summed E-state index contributed by atoms with van der Waals surface area (Å²) in [5.74, 6) is 0.783. The van der Waals surface area contributed by atoms with Crippen LogP contribution in [0.25, 0.3) is 0 Å². The number of thioether (sulfide) groups is 1. The molecule has 0 atom stereocenters. The van der Waals surface area contributed by atoms with Crippen LogP contribution in [-0.2, 0) is 10.3 Å². The normalized spacial score (nSPS) is 21.2. The van der Waals surface area contributed by atoms with Crippen molar-refractivity contribution < 1.29 is 42.5 Å². The average molecular weight is 218 g/mol. The van der Waals surface area contributed by atoms with Gasteiger partial charge >= 0.3 is 29.6 Å². The molecule has 12 heavy (non-hydrogen) atoms. The van der Waals surface area contributed by atoms with Crippen molar-refractivity contribution in [3.63, 3.8) is 0 Å². The summed E-state index contributed by atoms with van der Waals surface area (Å²) in [6, 6.07) is 0. The molecule has 0 bridgehead atoms. The summed E-state index contributed by atoms with van der Waals surface area (Å²) in [6.45, 7) is 0.735. The van der Waals surface area contributed by atoms with E-state index in [2.05, 4.69) is 4.40 Å². The van der Waals surface area contributed by atoms with Crippen LogP contribution < -0.4 is 29.6 Å². The van der Waals surface area contributed by atoms with E-state index in [0.717, 1.165) is 12.3 Å². The molecule has 0 aromatic carbocycles. The monoisotopic (exact) mass is 218 g/mol. The molecule has 0 radical (unpaired) electrons. The molecule has 0 aliphatic carbocycles. The van der Waals surface area contributed by atoms with Gasteiger partial charge in [-0.1, -0.05) is 11.8 Å². The molecule has 8 heteroatoms. The van der Waals surface area contributed by atoms with Crippen molar-refractivity contribution in [1.82, 2.24) is 4.90 Å². The molecule has 0 unspecified atom stereocenters. The van der Waals surface area contributed by atoms with Crippen LogP contribution in [0.4, 0.5) is 0 Å². The average Bonchev–Trinajstić information content (AvgIpc) is 2.12. The van der Waals surface area contributed by atoms with Gasteiger partial charge in [0.25, 0.3) is 0 Å². The topological polar surface area (TPSA) is 72.8 Å². The maximum atomic E-state index is 10.1. The van der Waals surface area contributed by atoms with Crippen molar-refractivity contribution in [3.05, 3.63) is 0 Å². The van der Waals surface area contributed by atoms with E-state index < -0.39 is 10.3 Å². The molecule has 0 amide bonds. The zero-order chi connectivity index (χ0) is 8.48. The number of rotatable bonds is 1. The van der Waals surface area contributed by atoms with Gasteiger partial charge in [0.15, 0.2) is 5.17 Å². The first-order valence-electron chi connectivity index (χ1n) is 2.89. The molecule has 0 N–H and O–H groups in total. The Labute approximate surface area is 97.8 Å². The molecule has 0 spiro atoms. The van der Waals surface area contributed by atoms with Gasteiger partial charge in [-0.3, -0.25) is 0 Å². The Balaban J connectivity index is 0.00000121. The second kappa shape index (κ2) is 4.83. The van der Waals surface area contributed by atoms with Crippen LogP contribution in [0.5, 0.6) is 0 Å². The van der Waals surface area contributed by atoms with Gasteiger partial charge in [0.1, 0.15) is 0 Å². The van der Waals surface area contributed by atoms with E-state index in [-0.39, 0.29) is 29.6 Å². The fraction of sp³-hybridized carbons (Fsp3) is 0.750. The summed E-state index contributed by atoms with van der Waals surface area (Å²) < 4.78 is 33.5. The third kappa shape index (κ3) is 4.11. The Morgan fingerprint density at radius 3 is 2.58 bits per heavy atom. The van der Waals surface area contributed by atoms with E-state index in [1.807, 2.05) is 0 Å². The van der Waals surface area contributed by atoms with Crippen molar-refractivity contribution in [2.75, 3.05) is 19.3 Å². The first kappa shape index (κ1) is 12.7. The van der Waals surface area contributed by atoms with Crippen molar-refractivity contribution in [2.24, 2.45) is 4.40 Å². The minimum Gasteiger partial charge on any atom is -0.729 e. The zero-order valence-electron chi connectivity index (χ0n) is 6.85. The van der Waals surface area contributed by atoms with Crippen molar-refractivity contribution in [2.45, 2.75) is 0 Å². The van der Waals surface area contributed by atoms with Crippen LogP contribution in [-0.4, -0.2) is 42.4 Å². The smallest absolute Gasteiger partial charge is 0.729 e. The largest absolute Gasteiger partial charge is 1.00 e. The molecule has 1 aliphatic heterocycles. The summed E-state index contributed by atoms with van der Waals surface area (Å²) >= 11 is 1.27. The molecule has 0 aromatic heterocycles. The Bertz CT molecular complexity index is 276. The molecule has 64 valence electrons. The second-order valence-corrected chi connectivity index (χ2v) is 4.17. The molecule has 1 fully saturated rings.